The summed E-state index contributed by atoms with van der Waals surface area (Å²) >= 11 is 0. The zero-order valence-corrected chi connectivity index (χ0v) is 11.4. The molecule has 0 radical (unpaired) electrons. The van der Waals surface area contributed by atoms with Gasteiger partial charge in [0.25, 0.3) is 5.91 Å². The van der Waals surface area contributed by atoms with Gasteiger partial charge in [-0.05, 0) is 37.5 Å². The highest BCUT2D eigenvalue weighted by Gasteiger charge is 2.36. The minimum atomic E-state index is -0.296. The van der Waals surface area contributed by atoms with E-state index >= 15 is 0 Å². The molecular formula is C15H16N2O3. The largest absolute Gasteiger partial charge is 0.469 e. The molecule has 2 aromatic rings. The summed E-state index contributed by atoms with van der Waals surface area (Å²) in [6.07, 6.45) is 4.16. The van der Waals surface area contributed by atoms with Gasteiger partial charge in [0.05, 0.1) is 18.0 Å². The Morgan fingerprint density at radius 1 is 1.45 bits per heavy atom. The Labute approximate surface area is 116 Å². The molecule has 5 nitrogen and oxygen atoms in total. The molecule has 1 saturated carbocycles. The van der Waals surface area contributed by atoms with Crippen molar-refractivity contribution in [3.05, 3.63) is 47.3 Å². The second kappa shape index (κ2) is 5.00. The number of aryl methyl sites for hydroxylation is 1. The summed E-state index contributed by atoms with van der Waals surface area (Å²) in [6.45, 7) is 3.93. The molecule has 20 heavy (non-hydrogen) atoms. The van der Waals surface area contributed by atoms with Gasteiger partial charge in [-0.2, -0.15) is 5.10 Å². The van der Waals surface area contributed by atoms with Gasteiger partial charge in [0.1, 0.15) is 17.3 Å². The smallest absolute Gasteiger partial charge is 0.274 e. The number of carbonyl (C=O) groups is 1. The van der Waals surface area contributed by atoms with E-state index < -0.39 is 0 Å². The first-order valence-electron chi connectivity index (χ1n) is 6.62. The zero-order chi connectivity index (χ0) is 14.1. The molecule has 1 aliphatic rings. The van der Waals surface area contributed by atoms with Crippen LogP contribution in [0.25, 0.3) is 0 Å². The predicted octanol–water partition coefficient (Wildman–Crippen LogP) is 3.07. The lowest BCUT2D eigenvalue weighted by atomic mass is 10.2. The van der Waals surface area contributed by atoms with Crippen LogP contribution in [0.4, 0.5) is 0 Å². The van der Waals surface area contributed by atoms with E-state index in [0.29, 0.717) is 28.9 Å². The number of hydrazone groups is 1. The van der Waals surface area contributed by atoms with E-state index in [9.17, 15) is 4.79 Å². The highest BCUT2D eigenvalue weighted by Crippen LogP contribution is 2.47. The van der Waals surface area contributed by atoms with Crippen LogP contribution in [0.3, 0.4) is 0 Å². The summed E-state index contributed by atoms with van der Waals surface area (Å²) in [5, 5.41) is 3.89. The average molecular weight is 272 g/mol. The van der Waals surface area contributed by atoms with Crippen molar-refractivity contribution < 1.29 is 13.6 Å². The quantitative estimate of drug-likeness (QED) is 0.687. The van der Waals surface area contributed by atoms with E-state index in [0.717, 1.165) is 5.76 Å². The number of nitrogens with one attached hydrogen (secondary N) is 1. The Morgan fingerprint density at radius 3 is 2.90 bits per heavy atom. The minimum Gasteiger partial charge on any atom is -0.469 e. The maximum Gasteiger partial charge on any atom is 0.274 e. The summed E-state index contributed by atoms with van der Waals surface area (Å²) in [4.78, 5) is 11.8. The molecule has 2 heterocycles. The Morgan fingerprint density at radius 2 is 2.25 bits per heavy atom. The Hall–Kier alpha value is -2.30. The van der Waals surface area contributed by atoms with Gasteiger partial charge < -0.3 is 8.83 Å². The first-order valence-corrected chi connectivity index (χ1v) is 6.62. The van der Waals surface area contributed by atoms with Crippen LogP contribution in [-0.2, 0) is 0 Å². The van der Waals surface area contributed by atoms with Crippen molar-refractivity contribution in [3.8, 4) is 0 Å². The topological polar surface area (TPSA) is 67.7 Å². The third kappa shape index (κ3) is 2.52. The highest BCUT2D eigenvalue weighted by molar-refractivity contribution is 5.95. The van der Waals surface area contributed by atoms with Crippen LogP contribution < -0.4 is 5.43 Å². The monoisotopic (exact) mass is 272 g/mol. The van der Waals surface area contributed by atoms with Gasteiger partial charge in [-0.15, -0.1) is 0 Å². The van der Waals surface area contributed by atoms with E-state index in [4.69, 9.17) is 8.83 Å². The van der Waals surface area contributed by atoms with Gasteiger partial charge in [0.15, 0.2) is 0 Å². The second-order valence-corrected chi connectivity index (χ2v) is 5.15. The Kier molecular flexibility index (Phi) is 3.18. The summed E-state index contributed by atoms with van der Waals surface area (Å²) in [5.41, 5.74) is 2.93. The molecule has 1 amide bonds. The standard InChI is InChI=1S/C15H16N2O3/c1-9-7-13(9)14-4-3-11(20-14)8-16-17-15(18)12-5-6-19-10(12)2/h3-6,8-9,13H,7H2,1-2H3,(H,17,18)/b16-8-/t9-,13+/m1/s1. The molecule has 0 unspecified atom stereocenters. The van der Waals surface area contributed by atoms with Gasteiger partial charge in [-0.25, -0.2) is 5.43 Å². The normalized spacial score (nSPS) is 21.3. The number of carbonyl (C=O) groups excluding carboxylic acids is 1. The molecule has 3 rings (SSSR count). The van der Waals surface area contributed by atoms with E-state index in [1.165, 1.54) is 18.9 Å². The highest BCUT2D eigenvalue weighted by atomic mass is 16.3. The molecule has 0 aliphatic heterocycles. The van der Waals surface area contributed by atoms with Crippen molar-refractivity contribution in [2.45, 2.75) is 26.2 Å². The zero-order valence-electron chi connectivity index (χ0n) is 11.4. The number of hydrogen-bond acceptors (Lipinski definition) is 4. The van der Waals surface area contributed by atoms with E-state index in [-0.39, 0.29) is 5.91 Å². The first-order chi connectivity index (χ1) is 9.65. The fourth-order valence-corrected chi connectivity index (χ4v) is 2.19. The molecule has 1 N–H and O–H groups in total. The number of hydrogen-bond donors (Lipinski definition) is 1. The van der Waals surface area contributed by atoms with Crippen LogP contribution in [0.5, 0.6) is 0 Å². The van der Waals surface area contributed by atoms with Crippen molar-refractivity contribution >= 4 is 12.1 Å². The predicted molar refractivity (Wildman–Crippen MR) is 73.7 cm³/mol. The van der Waals surface area contributed by atoms with Gasteiger partial charge in [-0.3, -0.25) is 4.79 Å². The number of nitrogens with zero attached hydrogens (tertiary/aromatic N) is 1. The second-order valence-electron chi connectivity index (χ2n) is 5.15. The van der Waals surface area contributed by atoms with Crippen molar-refractivity contribution in [3.63, 3.8) is 0 Å². The van der Waals surface area contributed by atoms with Crippen LogP contribution in [0, 0.1) is 12.8 Å². The molecule has 0 bridgehead atoms. The summed E-state index contributed by atoms with van der Waals surface area (Å²) in [5.74, 6) is 3.16. The fraction of sp³-hybridized carbons (Fsp3) is 0.333. The van der Waals surface area contributed by atoms with E-state index in [1.807, 2.05) is 12.1 Å². The maximum atomic E-state index is 11.8. The first kappa shape index (κ1) is 12.7. The van der Waals surface area contributed by atoms with E-state index in [2.05, 4.69) is 17.5 Å². The molecule has 1 aliphatic carbocycles. The lowest BCUT2D eigenvalue weighted by Crippen LogP contribution is -2.17. The lowest BCUT2D eigenvalue weighted by Gasteiger charge is -1.96. The molecular weight excluding hydrogens is 256 g/mol. The van der Waals surface area contributed by atoms with E-state index in [1.54, 1.807) is 13.0 Å². The van der Waals surface area contributed by atoms with Crippen LogP contribution in [-0.4, -0.2) is 12.1 Å². The van der Waals surface area contributed by atoms with Crippen molar-refractivity contribution in [1.29, 1.82) is 0 Å². The molecule has 104 valence electrons. The van der Waals surface area contributed by atoms with Gasteiger partial charge in [0, 0.05) is 5.92 Å². The summed E-state index contributed by atoms with van der Waals surface area (Å²) in [6, 6.07) is 5.44. The molecule has 0 spiro atoms. The fourth-order valence-electron chi connectivity index (χ4n) is 2.19. The minimum absolute atomic E-state index is 0.296. The summed E-state index contributed by atoms with van der Waals surface area (Å²) in [7, 11) is 0. The molecule has 0 saturated heterocycles. The van der Waals surface area contributed by atoms with Gasteiger partial charge in [-0.1, -0.05) is 6.92 Å². The van der Waals surface area contributed by atoms with Gasteiger partial charge in [0.2, 0.25) is 0 Å². The lowest BCUT2D eigenvalue weighted by molar-refractivity contribution is 0.0953. The molecule has 1 fully saturated rings. The van der Waals surface area contributed by atoms with Crippen molar-refractivity contribution in [1.82, 2.24) is 5.43 Å². The third-order valence-corrected chi connectivity index (χ3v) is 3.58. The van der Waals surface area contributed by atoms with Crippen LogP contribution in [0.15, 0.2) is 38.4 Å². The Balaban J connectivity index is 1.59. The van der Waals surface area contributed by atoms with Crippen molar-refractivity contribution in [2.75, 3.05) is 0 Å². The summed E-state index contributed by atoms with van der Waals surface area (Å²) < 4.78 is 10.7. The van der Waals surface area contributed by atoms with Crippen LogP contribution >= 0.6 is 0 Å². The Bertz CT molecular complexity index is 654. The molecule has 2 aromatic heterocycles. The average Bonchev–Trinajstić information content (AvgIpc) is 2.83. The van der Waals surface area contributed by atoms with Crippen molar-refractivity contribution in [2.24, 2.45) is 11.0 Å². The third-order valence-electron chi connectivity index (χ3n) is 3.58. The maximum absolute atomic E-state index is 11.8. The number of furan rings is 2. The number of rotatable bonds is 4. The van der Waals surface area contributed by atoms with Gasteiger partial charge >= 0.3 is 0 Å². The van der Waals surface area contributed by atoms with Crippen LogP contribution in [0.1, 0.15) is 46.9 Å². The SMILES string of the molecule is Cc1occc1C(=O)N/N=C\c1ccc([C@H]2C[C@H]2C)o1. The molecule has 2 atom stereocenters. The van der Waals surface area contributed by atoms with Crippen LogP contribution in [0.2, 0.25) is 0 Å². The molecule has 0 aromatic carbocycles. The number of amides is 1. The molecule has 5 heteroatoms.